The second-order valence-electron chi connectivity index (χ2n) is 5.14. The molecule has 0 spiro atoms. The largest absolute Gasteiger partial charge is 0.491 e. The van der Waals surface area contributed by atoms with Gasteiger partial charge in [-0.25, -0.2) is 0 Å². The van der Waals surface area contributed by atoms with Crippen molar-refractivity contribution in [2.75, 3.05) is 32.9 Å². The molecule has 2 N–H and O–H groups in total. The lowest BCUT2D eigenvalue weighted by molar-refractivity contribution is 0.106. The number of aliphatic hydroxyl groups is 1. The summed E-state index contributed by atoms with van der Waals surface area (Å²) in [6.07, 6.45) is 1.73. The van der Waals surface area contributed by atoms with Crippen LogP contribution in [0.1, 0.15) is 12.8 Å². The Morgan fingerprint density at radius 1 is 1.50 bits per heavy atom. The van der Waals surface area contributed by atoms with E-state index < -0.39 is 6.10 Å². The molecule has 1 saturated heterocycles. The van der Waals surface area contributed by atoms with E-state index in [1.807, 2.05) is 12.1 Å². The second-order valence-corrected chi connectivity index (χ2v) is 5.58. The third-order valence-electron chi connectivity index (χ3n) is 3.37. The summed E-state index contributed by atoms with van der Waals surface area (Å²) < 4.78 is 10.8. The number of hydrogen-bond acceptors (Lipinski definition) is 4. The summed E-state index contributed by atoms with van der Waals surface area (Å²) in [5, 5.41) is 13.7. The molecule has 2 rings (SSSR count). The zero-order valence-electron chi connectivity index (χ0n) is 11.6. The van der Waals surface area contributed by atoms with Crippen LogP contribution in [0.4, 0.5) is 0 Å². The number of nitrogens with one attached hydrogen (secondary N) is 1. The molecule has 1 aromatic carbocycles. The van der Waals surface area contributed by atoms with E-state index in [1.165, 1.54) is 0 Å². The van der Waals surface area contributed by atoms with Crippen molar-refractivity contribution in [2.24, 2.45) is 5.92 Å². The molecule has 0 aromatic heterocycles. The van der Waals surface area contributed by atoms with Gasteiger partial charge < -0.3 is 19.9 Å². The first kappa shape index (κ1) is 15.6. The molecule has 0 bridgehead atoms. The Bertz CT molecular complexity index is 396. The molecule has 0 saturated carbocycles. The van der Waals surface area contributed by atoms with Gasteiger partial charge in [-0.15, -0.1) is 0 Å². The van der Waals surface area contributed by atoms with Crippen LogP contribution in [-0.2, 0) is 4.74 Å². The minimum absolute atomic E-state index is 0.264. The van der Waals surface area contributed by atoms with Gasteiger partial charge in [0.05, 0.1) is 0 Å². The van der Waals surface area contributed by atoms with Gasteiger partial charge in [0.25, 0.3) is 0 Å². The molecule has 1 heterocycles. The zero-order chi connectivity index (χ0) is 14.2. The van der Waals surface area contributed by atoms with E-state index in [0.717, 1.165) is 32.6 Å². The standard InChI is InChI=1S/C15H22ClNO3/c16-13-2-1-3-15(8-13)20-11-14(18)9-17-6-4-12-5-7-19-10-12/h1-3,8,12,14,17-18H,4-7,9-11H2. The van der Waals surface area contributed by atoms with Gasteiger partial charge in [0, 0.05) is 24.8 Å². The van der Waals surface area contributed by atoms with Crippen LogP contribution >= 0.6 is 11.6 Å². The Kier molecular flexibility index (Phi) is 6.60. The summed E-state index contributed by atoms with van der Waals surface area (Å²) in [4.78, 5) is 0. The number of benzene rings is 1. The van der Waals surface area contributed by atoms with Crippen molar-refractivity contribution in [3.05, 3.63) is 29.3 Å². The Balaban J connectivity index is 1.54. The van der Waals surface area contributed by atoms with E-state index in [1.54, 1.807) is 12.1 Å². The van der Waals surface area contributed by atoms with Crippen LogP contribution in [0.25, 0.3) is 0 Å². The van der Waals surface area contributed by atoms with Crippen molar-refractivity contribution < 1.29 is 14.6 Å². The minimum Gasteiger partial charge on any atom is -0.491 e. The predicted octanol–water partition coefficient (Wildman–Crippen LogP) is 2.10. The molecule has 5 heteroatoms. The number of ether oxygens (including phenoxy) is 2. The van der Waals surface area contributed by atoms with E-state index in [-0.39, 0.29) is 6.61 Å². The summed E-state index contributed by atoms with van der Waals surface area (Å²) in [6.45, 7) is 3.47. The quantitative estimate of drug-likeness (QED) is 0.722. The SMILES string of the molecule is OC(CNCCC1CCOC1)COc1cccc(Cl)c1. The molecule has 1 fully saturated rings. The Morgan fingerprint density at radius 3 is 3.15 bits per heavy atom. The molecule has 0 amide bonds. The fraction of sp³-hybridized carbons (Fsp3) is 0.600. The first-order valence-corrected chi connectivity index (χ1v) is 7.47. The van der Waals surface area contributed by atoms with Crippen LogP contribution in [0.5, 0.6) is 5.75 Å². The van der Waals surface area contributed by atoms with E-state index in [9.17, 15) is 5.11 Å². The molecule has 1 aliphatic rings. The van der Waals surface area contributed by atoms with Gasteiger partial charge in [-0.2, -0.15) is 0 Å². The number of rotatable bonds is 8. The van der Waals surface area contributed by atoms with Gasteiger partial charge in [-0.1, -0.05) is 17.7 Å². The fourth-order valence-electron chi connectivity index (χ4n) is 2.19. The fourth-order valence-corrected chi connectivity index (χ4v) is 2.37. The smallest absolute Gasteiger partial charge is 0.120 e. The lowest BCUT2D eigenvalue weighted by atomic mass is 10.1. The van der Waals surface area contributed by atoms with Crippen LogP contribution in [-0.4, -0.2) is 44.1 Å². The topological polar surface area (TPSA) is 50.7 Å². The summed E-state index contributed by atoms with van der Waals surface area (Å²) in [6, 6.07) is 7.18. The summed E-state index contributed by atoms with van der Waals surface area (Å²) in [7, 11) is 0. The zero-order valence-corrected chi connectivity index (χ0v) is 12.3. The monoisotopic (exact) mass is 299 g/mol. The highest BCUT2D eigenvalue weighted by Crippen LogP contribution is 2.17. The molecule has 2 atom stereocenters. The molecule has 1 aromatic rings. The molecular formula is C15H22ClNO3. The minimum atomic E-state index is -0.520. The van der Waals surface area contributed by atoms with Crippen LogP contribution in [0.15, 0.2) is 24.3 Å². The molecular weight excluding hydrogens is 278 g/mol. The van der Waals surface area contributed by atoms with Gasteiger partial charge in [0.2, 0.25) is 0 Å². The maximum absolute atomic E-state index is 9.83. The van der Waals surface area contributed by atoms with Gasteiger partial charge in [0.15, 0.2) is 0 Å². The highest BCUT2D eigenvalue weighted by atomic mass is 35.5. The van der Waals surface area contributed by atoms with Gasteiger partial charge >= 0.3 is 0 Å². The van der Waals surface area contributed by atoms with Crippen molar-refractivity contribution in [1.29, 1.82) is 0 Å². The van der Waals surface area contributed by atoms with E-state index >= 15 is 0 Å². The van der Waals surface area contributed by atoms with E-state index in [0.29, 0.717) is 23.2 Å². The molecule has 20 heavy (non-hydrogen) atoms. The predicted molar refractivity (Wildman–Crippen MR) is 79.4 cm³/mol. The summed E-state index contributed by atoms with van der Waals surface area (Å²) in [5.41, 5.74) is 0. The Labute approximate surface area is 125 Å². The normalized spacial score (nSPS) is 20.0. The maximum atomic E-state index is 9.83. The van der Waals surface area contributed by atoms with Gasteiger partial charge in [-0.3, -0.25) is 0 Å². The van der Waals surface area contributed by atoms with Gasteiger partial charge in [-0.05, 0) is 43.5 Å². The number of hydrogen-bond donors (Lipinski definition) is 2. The van der Waals surface area contributed by atoms with Crippen molar-refractivity contribution in [1.82, 2.24) is 5.32 Å². The van der Waals surface area contributed by atoms with Crippen molar-refractivity contribution in [2.45, 2.75) is 18.9 Å². The molecule has 0 radical (unpaired) electrons. The first-order valence-electron chi connectivity index (χ1n) is 7.09. The van der Waals surface area contributed by atoms with Crippen molar-refractivity contribution >= 4 is 11.6 Å². The molecule has 2 unspecified atom stereocenters. The molecule has 4 nitrogen and oxygen atoms in total. The van der Waals surface area contributed by atoms with Crippen molar-refractivity contribution in [3.8, 4) is 5.75 Å². The average Bonchev–Trinajstić information content (AvgIpc) is 2.95. The lowest BCUT2D eigenvalue weighted by Crippen LogP contribution is -2.32. The Hall–Kier alpha value is -0.810. The van der Waals surface area contributed by atoms with E-state index in [2.05, 4.69) is 5.32 Å². The Morgan fingerprint density at radius 2 is 2.40 bits per heavy atom. The van der Waals surface area contributed by atoms with Crippen LogP contribution < -0.4 is 10.1 Å². The first-order chi connectivity index (χ1) is 9.74. The van der Waals surface area contributed by atoms with Crippen LogP contribution in [0.2, 0.25) is 5.02 Å². The van der Waals surface area contributed by atoms with Crippen molar-refractivity contribution in [3.63, 3.8) is 0 Å². The summed E-state index contributed by atoms with van der Waals surface area (Å²) in [5.74, 6) is 1.35. The molecule has 1 aliphatic heterocycles. The van der Waals surface area contributed by atoms with Crippen LogP contribution in [0, 0.1) is 5.92 Å². The third kappa shape index (κ3) is 5.67. The average molecular weight is 300 g/mol. The molecule has 0 aliphatic carbocycles. The number of aliphatic hydroxyl groups excluding tert-OH is 1. The van der Waals surface area contributed by atoms with Gasteiger partial charge in [0.1, 0.15) is 18.5 Å². The number of halogens is 1. The molecule has 112 valence electrons. The lowest BCUT2D eigenvalue weighted by Gasteiger charge is -2.14. The third-order valence-corrected chi connectivity index (χ3v) is 3.61. The van der Waals surface area contributed by atoms with E-state index in [4.69, 9.17) is 21.1 Å². The second kappa shape index (κ2) is 8.47. The van der Waals surface area contributed by atoms with Crippen LogP contribution in [0.3, 0.4) is 0 Å². The summed E-state index contributed by atoms with van der Waals surface area (Å²) >= 11 is 5.86. The maximum Gasteiger partial charge on any atom is 0.120 e. The highest BCUT2D eigenvalue weighted by molar-refractivity contribution is 6.30. The highest BCUT2D eigenvalue weighted by Gasteiger charge is 2.14.